The summed E-state index contributed by atoms with van der Waals surface area (Å²) in [6.45, 7) is -0.248. The summed E-state index contributed by atoms with van der Waals surface area (Å²) >= 11 is 0. The highest BCUT2D eigenvalue weighted by Crippen LogP contribution is 2.35. The smallest absolute Gasteiger partial charge is 0.343 e. The highest BCUT2D eigenvalue weighted by molar-refractivity contribution is 5.84. The van der Waals surface area contributed by atoms with Gasteiger partial charge >= 0.3 is 5.97 Å². The monoisotopic (exact) mass is 536 g/mol. The number of rotatable bonds is 9. The molecule has 6 N–H and O–H groups in total. The highest BCUT2D eigenvalue weighted by atomic mass is 16.6. The van der Waals surface area contributed by atoms with E-state index >= 15 is 0 Å². The number of methoxy groups -OCH3 is 1. The number of ether oxygens (including phenoxy) is 3. The SMILES string of the molecule is COC(=O)COc1ccc(-c2ccc(CNc3nc4c(N)ncnc4n3[C@@H]3O[C@H](CO)[C@@H](O)[C@H]3O)cc2)cc1. The van der Waals surface area contributed by atoms with Crippen molar-refractivity contribution in [3.8, 4) is 16.9 Å². The van der Waals surface area contributed by atoms with Crippen molar-refractivity contribution in [3.05, 3.63) is 60.4 Å². The zero-order valence-electron chi connectivity index (χ0n) is 21.0. The topological polar surface area (TPSA) is 187 Å². The maximum absolute atomic E-state index is 11.2. The zero-order chi connectivity index (χ0) is 27.5. The van der Waals surface area contributed by atoms with Gasteiger partial charge in [-0.05, 0) is 28.8 Å². The third kappa shape index (κ3) is 5.33. The van der Waals surface area contributed by atoms with Gasteiger partial charge in [0.15, 0.2) is 29.8 Å². The summed E-state index contributed by atoms with van der Waals surface area (Å²) in [6.07, 6.45) is -3.35. The fourth-order valence-electron chi connectivity index (χ4n) is 4.33. The minimum Gasteiger partial charge on any atom is -0.482 e. The number of benzene rings is 2. The quantitative estimate of drug-likeness (QED) is 0.190. The molecule has 4 aromatic rings. The van der Waals surface area contributed by atoms with Gasteiger partial charge in [0.05, 0.1) is 13.7 Å². The molecule has 1 fully saturated rings. The van der Waals surface area contributed by atoms with Crippen LogP contribution in [0, 0.1) is 0 Å². The van der Waals surface area contributed by atoms with Crippen LogP contribution in [-0.4, -0.2) is 79.4 Å². The summed E-state index contributed by atoms with van der Waals surface area (Å²) in [5.74, 6) is 0.569. The molecule has 3 heterocycles. The van der Waals surface area contributed by atoms with Gasteiger partial charge in [-0.1, -0.05) is 36.4 Å². The molecule has 13 heteroatoms. The molecule has 5 rings (SSSR count). The van der Waals surface area contributed by atoms with Crippen LogP contribution in [0.5, 0.6) is 5.75 Å². The Morgan fingerprint density at radius 1 is 1.08 bits per heavy atom. The molecule has 0 saturated carbocycles. The summed E-state index contributed by atoms with van der Waals surface area (Å²) in [4.78, 5) is 24.0. The van der Waals surface area contributed by atoms with Crippen LogP contribution in [0.25, 0.3) is 22.3 Å². The Labute approximate surface area is 222 Å². The normalized spacial score (nSPS) is 20.7. The molecule has 2 aromatic heterocycles. The third-order valence-corrected chi connectivity index (χ3v) is 6.45. The third-order valence-electron chi connectivity index (χ3n) is 6.45. The molecule has 0 spiro atoms. The standard InChI is InChI=1S/C26H28N6O7/c1-37-19(34)12-38-17-8-6-16(7-9-17)15-4-2-14(3-5-15)10-28-26-31-20-23(27)29-13-30-24(20)32(26)25-22(36)21(35)18(11-33)39-25/h2-9,13,18,21-22,25,33,35-36H,10-12H2,1H3,(H,28,31)(H2,27,29,30)/t18-,21-,22-,25-/m1/s1. The van der Waals surface area contributed by atoms with Crippen LogP contribution in [0.2, 0.25) is 0 Å². The van der Waals surface area contributed by atoms with Crippen molar-refractivity contribution in [3.63, 3.8) is 0 Å². The number of fused-ring (bicyclic) bond motifs is 1. The second kappa shape index (κ2) is 11.2. The number of anilines is 2. The summed E-state index contributed by atoms with van der Waals surface area (Å²) in [5.41, 5.74) is 9.53. The number of aromatic nitrogens is 4. The summed E-state index contributed by atoms with van der Waals surface area (Å²) in [5, 5.41) is 33.6. The van der Waals surface area contributed by atoms with Crippen molar-refractivity contribution >= 4 is 28.9 Å². The van der Waals surface area contributed by atoms with E-state index in [-0.39, 0.29) is 12.4 Å². The molecule has 1 saturated heterocycles. The average molecular weight is 537 g/mol. The molecule has 39 heavy (non-hydrogen) atoms. The Morgan fingerprint density at radius 3 is 2.41 bits per heavy atom. The lowest BCUT2D eigenvalue weighted by Gasteiger charge is -2.19. The van der Waals surface area contributed by atoms with Crippen LogP contribution in [0.15, 0.2) is 54.9 Å². The van der Waals surface area contributed by atoms with E-state index in [1.165, 1.54) is 18.0 Å². The van der Waals surface area contributed by atoms with Crippen molar-refractivity contribution in [1.82, 2.24) is 19.5 Å². The minimum atomic E-state index is -1.33. The number of nitrogen functional groups attached to an aromatic ring is 1. The molecule has 0 amide bonds. The van der Waals surface area contributed by atoms with Gasteiger partial charge in [-0.15, -0.1) is 0 Å². The number of imidazole rings is 1. The van der Waals surface area contributed by atoms with Crippen molar-refractivity contribution in [2.75, 3.05) is 31.4 Å². The molecule has 13 nitrogen and oxygen atoms in total. The molecule has 0 unspecified atom stereocenters. The molecular formula is C26H28N6O7. The molecule has 0 bridgehead atoms. The lowest BCUT2D eigenvalue weighted by Crippen LogP contribution is -2.33. The van der Waals surface area contributed by atoms with Crippen molar-refractivity contribution in [1.29, 1.82) is 0 Å². The number of aliphatic hydroxyl groups is 3. The van der Waals surface area contributed by atoms with Gasteiger partial charge in [0.2, 0.25) is 5.95 Å². The van der Waals surface area contributed by atoms with Gasteiger partial charge in [0.1, 0.15) is 30.4 Å². The Bertz CT molecular complexity index is 1440. The van der Waals surface area contributed by atoms with E-state index in [2.05, 4.69) is 25.0 Å². The van der Waals surface area contributed by atoms with E-state index < -0.39 is 37.1 Å². The van der Waals surface area contributed by atoms with E-state index in [1.54, 1.807) is 12.1 Å². The lowest BCUT2D eigenvalue weighted by atomic mass is 10.0. The molecule has 1 aliphatic heterocycles. The number of nitrogens with zero attached hydrogens (tertiary/aromatic N) is 4. The molecular weight excluding hydrogens is 508 g/mol. The lowest BCUT2D eigenvalue weighted by molar-refractivity contribution is -0.142. The number of esters is 1. The van der Waals surface area contributed by atoms with E-state index in [0.717, 1.165) is 16.7 Å². The number of hydrogen-bond acceptors (Lipinski definition) is 12. The van der Waals surface area contributed by atoms with Crippen molar-refractivity contribution in [2.24, 2.45) is 0 Å². The van der Waals surface area contributed by atoms with Crippen LogP contribution in [-0.2, 0) is 20.8 Å². The van der Waals surface area contributed by atoms with Gasteiger partial charge in [0, 0.05) is 6.54 Å². The van der Waals surface area contributed by atoms with Crippen LogP contribution < -0.4 is 15.8 Å². The van der Waals surface area contributed by atoms with E-state index in [4.69, 9.17) is 15.2 Å². The van der Waals surface area contributed by atoms with Gasteiger partial charge in [-0.2, -0.15) is 0 Å². The molecule has 0 aliphatic carbocycles. The number of carbonyl (C=O) groups excluding carboxylic acids is 1. The summed E-state index contributed by atoms with van der Waals surface area (Å²) in [6, 6.07) is 15.2. The van der Waals surface area contributed by atoms with Crippen LogP contribution in [0.1, 0.15) is 11.8 Å². The van der Waals surface area contributed by atoms with Gasteiger partial charge < -0.3 is 40.6 Å². The number of carbonyl (C=O) groups is 1. The maximum atomic E-state index is 11.2. The highest BCUT2D eigenvalue weighted by Gasteiger charge is 2.45. The number of nitrogens with two attached hydrogens (primary N) is 1. The number of aliphatic hydroxyl groups excluding tert-OH is 3. The second-order valence-corrected chi connectivity index (χ2v) is 8.91. The first-order valence-electron chi connectivity index (χ1n) is 12.1. The van der Waals surface area contributed by atoms with E-state index in [0.29, 0.717) is 29.4 Å². The number of hydrogen-bond donors (Lipinski definition) is 5. The number of nitrogens with one attached hydrogen (secondary N) is 1. The predicted molar refractivity (Wildman–Crippen MR) is 139 cm³/mol. The Balaban J connectivity index is 1.32. The molecule has 2 aromatic carbocycles. The van der Waals surface area contributed by atoms with Gasteiger partial charge in [0.25, 0.3) is 0 Å². The first kappa shape index (κ1) is 26.3. The molecule has 0 radical (unpaired) electrons. The van der Waals surface area contributed by atoms with Gasteiger partial charge in [-0.3, -0.25) is 4.57 Å². The first-order valence-corrected chi connectivity index (χ1v) is 12.1. The molecule has 204 valence electrons. The van der Waals surface area contributed by atoms with Crippen molar-refractivity contribution in [2.45, 2.75) is 31.1 Å². The second-order valence-electron chi connectivity index (χ2n) is 8.91. The van der Waals surface area contributed by atoms with Crippen LogP contribution in [0.3, 0.4) is 0 Å². The van der Waals surface area contributed by atoms with E-state index in [9.17, 15) is 20.1 Å². The Hall–Kier alpha value is -4.30. The maximum Gasteiger partial charge on any atom is 0.343 e. The summed E-state index contributed by atoms with van der Waals surface area (Å²) in [7, 11) is 1.31. The Kier molecular flexibility index (Phi) is 7.56. The average Bonchev–Trinajstić information content (AvgIpc) is 3.48. The van der Waals surface area contributed by atoms with Crippen molar-refractivity contribution < 1.29 is 34.3 Å². The van der Waals surface area contributed by atoms with E-state index in [1.807, 2.05) is 36.4 Å². The zero-order valence-corrected chi connectivity index (χ0v) is 21.0. The fraction of sp³-hybridized carbons (Fsp3) is 0.308. The van der Waals surface area contributed by atoms with Crippen LogP contribution in [0.4, 0.5) is 11.8 Å². The summed E-state index contributed by atoms with van der Waals surface area (Å²) < 4.78 is 17.2. The minimum absolute atomic E-state index is 0.152. The molecule has 1 aliphatic rings. The largest absolute Gasteiger partial charge is 0.482 e. The Morgan fingerprint density at radius 2 is 1.77 bits per heavy atom. The predicted octanol–water partition coefficient (Wildman–Crippen LogP) is 0.851. The molecule has 4 atom stereocenters. The fourth-order valence-corrected chi connectivity index (χ4v) is 4.33. The first-order chi connectivity index (χ1) is 18.9. The van der Waals surface area contributed by atoms with Gasteiger partial charge in [-0.25, -0.2) is 19.7 Å². The van der Waals surface area contributed by atoms with Crippen LogP contribution >= 0.6 is 0 Å².